The lowest BCUT2D eigenvalue weighted by atomic mass is 10.0. The maximum atomic E-state index is 9.88. The minimum atomic E-state index is -0.991. The third-order valence-electron chi connectivity index (χ3n) is 2.49. The molecule has 0 aliphatic carbocycles. The van der Waals surface area contributed by atoms with Gasteiger partial charge in [0, 0.05) is 11.5 Å². The second-order valence-electron chi connectivity index (χ2n) is 3.76. The molecule has 18 heavy (non-hydrogen) atoms. The van der Waals surface area contributed by atoms with Crippen LogP contribution in [0.15, 0.2) is 29.4 Å². The topological polar surface area (TPSA) is 98.5 Å². The smallest absolute Gasteiger partial charge is 0.119 e. The van der Waals surface area contributed by atoms with Gasteiger partial charge in [0.1, 0.15) is 11.9 Å². The number of azide groups is 1. The number of nitrogens with zero attached hydrogens (tertiary/aromatic N) is 3. The molecule has 0 radical (unpaired) electrons. The van der Waals surface area contributed by atoms with Gasteiger partial charge in [-0.25, -0.2) is 0 Å². The summed E-state index contributed by atoms with van der Waals surface area (Å²) in [5, 5.41) is 22.9. The maximum Gasteiger partial charge on any atom is 0.119 e. The summed E-state index contributed by atoms with van der Waals surface area (Å²) in [5.74, 6) is 0.719. The van der Waals surface area contributed by atoms with Crippen molar-refractivity contribution >= 4 is 0 Å². The number of aliphatic hydroxyl groups is 2. The molecule has 1 aromatic carbocycles. The Hall–Kier alpha value is -1.75. The second kappa shape index (κ2) is 7.55. The molecular weight excluding hydrogens is 234 g/mol. The van der Waals surface area contributed by atoms with Gasteiger partial charge in [-0.15, -0.1) is 0 Å². The van der Waals surface area contributed by atoms with Crippen molar-refractivity contribution in [2.75, 3.05) is 13.2 Å². The lowest BCUT2D eigenvalue weighted by Gasteiger charge is -2.17. The summed E-state index contributed by atoms with van der Waals surface area (Å²) >= 11 is 0. The molecule has 6 nitrogen and oxygen atoms in total. The first-order valence-electron chi connectivity index (χ1n) is 5.78. The zero-order chi connectivity index (χ0) is 13.4. The molecule has 1 rings (SSSR count). The summed E-state index contributed by atoms with van der Waals surface area (Å²) in [6, 6.07) is 6.88. The van der Waals surface area contributed by atoms with Gasteiger partial charge in [0.2, 0.25) is 0 Å². The Bertz CT molecular complexity index is 402. The number of ether oxygens (including phenoxy) is 1. The zero-order valence-electron chi connectivity index (χ0n) is 10.2. The highest BCUT2D eigenvalue weighted by Gasteiger charge is 2.17. The number of hydrogen-bond acceptors (Lipinski definition) is 4. The predicted molar refractivity (Wildman–Crippen MR) is 67.2 cm³/mol. The Balaban J connectivity index is 2.59. The van der Waals surface area contributed by atoms with Crippen LogP contribution in [0.1, 0.15) is 25.0 Å². The Labute approximate surface area is 105 Å². The Morgan fingerprint density at radius 2 is 2.00 bits per heavy atom. The molecule has 0 spiro atoms. The summed E-state index contributed by atoms with van der Waals surface area (Å²) in [5.41, 5.74) is 8.72. The maximum absolute atomic E-state index is 9.88. The van der Waals surface area contributed by atoms with Gasteiger partial charge in [-0.2, -0.15) is 0 Å². The molecule has 6 heteroatoms. The quantitative estimate of drug-likeness (QED) is 0.441. The van der Waals surface area contributed by atoms with E-state index in [0.29, 0.717) is 12.2 Å². The highest BCUT2D eigenvalue weighted by Crippen LogP contribution is 2.21. The van der Waals surface area contributed by atoms with E-state index >= 15 is 0 Å². The van der Waals surface area contributed by atoms with Crippen LogP contribution in [0.2, 0.25) is 0 Å². The first-order valence-corrected chi connectivity index (χ1v) is 5.78. The van der Waals surface area contributed by atoms with Crippen molar-refractivity contribution in [3.63, 3.8) is 0 Å². The molecule has 0 aliphatic rings. The van der Waals surface area contributed by atoms with E-state index in [2.05, 4.69) is 10.0 Å². The summed E-state index contributed by atoms with van der Waals surface area (Å²) in [7, 11) is 0. The minimum Gasteiger partial charge on any atom is -0.494 e. The average molecular weight is 251 g/mol. The highest BCUT2D eigenvalue weighted by molar-refractivity contribution is 5.28. The molecule has 0 aliphatic heterocycles. The van der Waals surface area contributed by atoms with Crippen LogP contribution in [0.25, 0.3) is 10.4 Å². The van der Waals surface area contributed by atoms with Crippen LogP contribution in [0.4, 0.5) is 0 Å². The third-order valence-corrected chi connectivity index (χ3v) is 2.49. The summed E-state index contributed by atoms with van der Waals surface area (Å²) in [6.07, 6.45) is -1.72. The molecule has 2 atom stereocenters. The van der Waals surface area contributed by atoms with Gasteiger partial charge in [0.15, 0.2) is 0 Å². The summed E-state index contributed by atoms with van der Waals surface area (Å²) in [4.78, 5) is 2.59. The molecule has 0 fully saturated rings. The van der Waals surface area contributed by atoms with E-state index in [1.54, 1.807) is 24.3 Å². The normalized spacial score (nSPS) is 13.5. The lowest BCUT2D eigenvalue weighted by molar-refractivity contribution is 0.0150. The average Bonchev–Trinajstić information content (AvgIpc) is 2.39. The molecule has 0 aromatic heterocycles. The van der Waals surface area contributed by atoms with Gasteiger partial charge >= 0.3 is 0 Å². The van der Waals surface area contributed by atoms with Crippen LogP contribution >= 0.6 is 0 Å². The number of aliphatic hydroxyl groups excluding tert-OH is 2. The van der Waals surface area contributed by atoms with Crippen LogP contribution in [0.3, 0.4) is 0 Å². The van der Waals surface area contributed by atoms with E-state index in [1.165, 1.54) is 0 Å². The van der Waals surface area contributed by atoms with E-state index < -0.39 is 12.2 Å². The highest BCUT2D eigenvalue weighted by atomic mass is 16.5. The third kappa shape index (κ3) is 4.25. The number of benzene rings is 1. The van der Waals surface area contributed by atoms with Crippen molar-refractivity contribution in [2.45, 2.75) is 25.6 Å². The van der Waals surface area contributed by atoms with Crippen molar-refractivity contribution in [3.8, 4) is 5.75 Å². The van der Waals surface area contributed by atoms with Crippen molar-refractivity contribution in [1.29, 1.82) is 0 Å². The Morgan fingerprint density at radius 3 is 2.56 bits per heavy atom. The van der Waals surface area contributed by atoms with Gasteiger partial charge in [-0.3, -0.25) is 0 Å². The Kier molecular flexibility index (Phi) is 6.00. The molecule has 0 bridgehead atoms. The number of rotatable bonds is 7. The van der Waals surface area contributed by atoms with Gasteiger partial charge in [0.25, 0.3) is 0 Å². The van der Waals surface area contributed by atoms with E-state index in [4.69, 9.17) is 10.3 Å². The largest absolute Gasteiger partial charge is 0.494 e. The second-order valence-corrected chi connectivity index (χ2v) is 3.76. The first-order chi connectivity index (χ1) is 8.69. The Morgan fingerprint density at radius 1 is 1.33 bits per heavy atom. The van der Waals surface area contributed by atoms with Crippen molar-refractivity contribution in [3.05, 3.63) is 40.3 Å². The zero-order valence-corrected chi connectivity index (χ0v) is 10.2. The van der Waals surface area contributed by atoms with Gasteiger partial charge in [0.05, 0.1) is 12.7 Å². The molecule has 2 N–H and O–H groups in total. The van der Waals surface area contributed by atoms with Crippen LogP contribution in [-0.2, 0) is 0 Å². The summed E-state index contributed by atoms with van der Waals surface area (Å²) in [6.45, 7) is 2.63. The van der Waals surface area contributed by atoms with Crippen molar-refractivity contribution < 1.29 is 14.9 Å². The fraction of sp³-hybridized carbons (Fsp3) is 0.500. The molecule has 0 saturated carbocycles. The molecule has 98 valence electrons. The van der Waals surface area contributed by atoms with Crippen molar-refractivity contribution in [2.24, 2.45) is 5.11 Å². The van der Waals surface area contributed by atoms with E-state index in [0.717, 1.165) is 5.75 Å². The molecule has 2 unspecified atom stereocenters. The van der Waals surface area contributed by atoms with Gasteiger partial charge in [-0.1, -0.05) is 17.2 Å². The predicted octanol–water partition coefficient (Wildman–Crippen LogP) is 2.18. The van der Waals surface area contributed by atoms with E-state index in [9.17, 15) is 10.2 Å². The van der Waals surface area contributed by atoms with E-state index in [1.807, 2.05) is 6.92 Å². The summed E-state index contributed by atoms with van der Waals surface area (Å²) < 4.78 is 5.28. The number of hydrogen-bond donors (Lipinski definition) is 2. The molecular formula is C12H17N3O3. The monoisotopic (exact) mass is 251 g/mol. The van der Waals surface area contributed by atoms with Crippen LogP contribution in [-0.4, -0.2) is 29.5 Å². The molecule has 0 heterocycles. The van der Waals surface area contributed by atoms with Gasteiger partial charge < -0.3 is 14.9 Å². The molecule has 0 amide bonds. The first kappa shape index (κ1) is 14.3. The fourth-order valence-electron chi connectivity index (χ4n) is 1.54. The van der Waals surface area contributed by atoms with E-state index in [-0.39, 0.29) is 13.0 Å². The van der Waals surface area contributed by atoms with Crippen LogP contribution < -0.4 is 4.74 Å². The SMILES string of the molecule is CCOc1ccc(C(O)C(O)CCN=[N+]=[N-])cc1. The van der Waals surface area contributed by atoms with Gasteiger partial charge in [-0.05, 0) is 36.6 Å². The lowest BCUT2D eigenvalue weighted by Crippen LogP contribution is -2.19. The minimum absolute atomic E-state index is 0.158. The molecule has 0 saturated heterocycles. The van der Waals surface area contributed by atoms with Crippen LogP contribution in [0.5, 0.6) is 5.75 Å². The fourth-order valence-corrected chi connectivity index (χ4v) is 1.54. The van der Waals surface area contributed by atoms with Crippen LogP contribution in [0, 0.1) is 0 Å². The molecule has 1 aromatic rings. The standard InChI is InChI=1S/C12H17N3O3/c1-2-18-10-5-3-9(4-6-10)12(17)11(16)7-8-14-15-13/h3-6,11-12,16-17H,2,7-8H2,1H3. The van der Waals surface area contributed by atoms with Crippen molar-refractivity contribution in [1.82, 2.24) is 0 Å².